The van der Waals surface area contributed by atoms with Crippen LogP contribution in [0.4, 0.5) is 0 Å². The summed E-state index contributed by atoms with van der Waals surface area (Å²) < 4.78 is 34.4. The van der Waals surface area contributed by atoms with Crippen LogP contribution in [0.15, 0.2) is 17.0 Å². The predicted octanol–water partition coefficient (Wildman–Crippen LogP) is 1.49. The van der Waals surface area contributed by atoms with Gasteiger partial charge in [-0.1, -0.05) is 18.5 Å². The van der Waals surface area contributed by atoms with Crippen LogP contribution in [0.3, 0.4) is 0 Å². The number of nitrogens with one attached hydrogen (secondary N) is 1. The molecule has 0 saturated carbocycles. The lowest BCUT2D eigenvalue weighted by molar-refractivity contribution is 0.0906. The fourth-order valence-electron chi connectivity index (χ4n) is 1.78. The highest BCUT2D eigenvalue weighted by Crippen LogP contribution is 2.40. The lowest BCUT2D eigenvalue weighted by Gasteiger charge is -2.27. The van der Waals surface area contributed by atoms with Crippen molar-refractivity contribution in [2.75, 3.05) is 26.0 Å². The van der Waals surface area contributed by atoms with Crippen LogP contribution in [0.1, 0.15) is 6.92 Å². The van der Waals surface area contributed by atoms with E-state index >= 15 is 0 Å². The number of hydrogen-bond donors (Lipinski definition) is 1. The van der Waals surface area contributed by atoms with Crippen LogP contribution in [0.25, 0.3) is 0 Å². The summed E-state index contributed by atoms with van der Waals surface area (Å²) in [6.45, 7) is 3.85. The molecule has 0 bridgehead atoms. The van der Waals surface area contributed by atoms with E-state index in [0.29, 0.717) is 24.7 Å². The Morgan fingerprint density at radius 2 is 2.21 bits per heavy atom. The van der Waals surface area contributed by atoms with E-state index in [1.165, 1.54) is 12.1 Å². The second-order valence-electron chi connectivity index (χ2n) is 4.36. The highest BCUT2D eigenvalue weighted by atomic mass is 35.5. The van der Waals surface area contributed by atoms with Crippen LogP contribution in [0.5, 0.6) is 11.5 Å². The quantitative estimate of drug-likeness (QED) is 0.913. The van der Waals surface area contributed by atoms with Crippen molar-refractivity contribution in [3.8, 4) is 11.5 Å². The minimum atomic E-state index is -3.33. The van der Waals surface area contributed by atoms with E-state index in [1.807, 2.05) is 6.92 Å². The smallest absolute Gasteiger partial charge is 0.180 e. The van der Waals surface area contributed by atoms with Gasteiger partial charge in [-0.3, -0.25) is 0 Å². The summed E-state index contributed by atoms with van der Waals surface area (Å²) in [5.41, 5.74) is 0. The number of benzene rings is 1. The number of halogens is 1. The monoisotopic (exact) mass is 305 g/mol. The molecule has 1 unspecified atom stereocenters. The van der Waals surface area contributed by atoms with Gasteiger partial charge in [0.1, 0.15) is 12.7 Å². The molecule has 1 atom stereocenters. The molecular formula is C12H16ClNO4S. The van der Waals surface area contributed by atoms with E-state index in [-0.39, 0.29) is 16.0 Å². The lowest BCUT2D eigenvalue weighted by Crippen LogP contribution is -2.38. The van der Waals surface area contributed by atoms with Gasteiger partial charge in [-0.2, -0.15) is 0 Å². The third kappa shape index (κ3) is 3.32. The molecule has 0 aliphatic carbocycles. The second kappa shape index (κ2) is 5.56. The van der Waals surface area contributed by atoms with Crippen molar-refractivity contribution in [1.29, 1.82) is 0 Å². The summed E-state index contributed by atoms with van der Waals surface area (Å²) >= 11 is 6.02. The van der Waals surface area contributed by atoms with Crippen molar-refractivity contribution in [3.63, 3.8) is 0 Å². The predicted molar refractivity (Wildman–Crippen MR) is 73.0 cm³/mol. The van der Waals surface area contributed by atoms with Crippen LogP contribution >= 0.6 is 11.6 Å². The van der Waals surface area contributed by atoms with Crippen molar-refractivity contribution >= 4 is 21.4 Å². The first-order valence-electron chi connectivity index (χ1n) is 5.95. The zero-order valence-electron chi connectivity index (χ0n) is 10.8. The number of ether oxygens (including phenoxy) is 2. The number of sulfone groups is 1. The molecule has 2 rings (SSSR count). The van der Waals surface area contributed by atoms with Crippen molar-refractivity contribution in [2.24, 2.45) is 0 Å². The minimum Gasteiger partial charge on any atom is -0.484 e. The summed E-state index contributed by atoms with van der Waals surface area (Å²) in [4.78, 5) is 0.129. The Labute approximate surface area is 117 Å². The molecule has 0 aromatic heterocycles. The average Bonchev–Trinajstić information content (AvgIpc) is 2.34. The van der Waals surface area contributed by atoms with Gasteiger partial charge >= 0.3 is 0 Å². The van der Waals surface area contributed by atoms with Gasteiger partial charge in [0.05, 0.1) is 9.92 Å². The zero-order valence-corrected chi connectivity index (χ0v) is 12.3. The topological polar surface area (TPSA) is 64.6 Å². The van der Waals surface area contributed by atoms with Crippen molar-refractivity contribution < 1.29 is 17.9 Å². The summed E-state index contributed by atoms with van der Waals surface area (Å²) in [6.07, 6.45) is 0.975. The van der Waals surface area contributed by atoms with Gasteiger partial charge in [0, 0.05) is 18.9 Å². The largest absolute Gasteiger partial charge is 0.484 e. The molecular weight excluding hydrogens is 290 g/mol. The molecule has 0 saturated heterocycles. The summed E-state index contributed by atoms with van der Waals surface area (Å²) in [5, 5.41) is 3.40. The van der Waals surface area contributed by atoms with Crippen LogP contribution in [-0.2, 0) is 9.84 Å². The van der Waals surface area contributed by atoms with E-state index in [2.05, 4.69) is 5.32 Å². The van der Waals surface area contributed by atoms with Crippen molar-refractivity contribution in [3.05, 3.63) is 17.2 Å². The van der Waals surface area contributed by atoms with Crippen molar-refractivity contribution in [2.45, 2.75) is 17.9 Å². The van der Waals surface area contributed by atoms with E-state index in [9.17, 15) is 8.42 Å². The first kappa shape index (κ1) is 14.4. The SMILES string of the molecule is CCNCC1COc2c(Cl)cc(S(C)(=O)=O)cc2O1. The van der Waals surface area contributed by atoms with Crippen LogP contribution in [-0.4, -0.2) is 40.5 Å². The van der Waals surface area contributed by atoms with Gasteiger partial charge in [-0.25, -0.2) is 8.42 Å². The molecule has 1 heterocycles. The Morgan fingerprint density at radius 3 is 2.84 bits per heavy atom. The second-order valence-corrected chi connectivity index (χ2v) is 6.79. The van der Waals surface area contributed by atoms with Gasteiger partial charge in [0.25, 0.3) is 0 Å². The first-order valence-corrected chi connectivity index (χ1v) is 8.22. The maximum atomic E-state index is 11.6. The molecule has 0 fully saturated rings. The number of hydrogen-bond acceptors (Lipinski definition) is 5. The van der Waals surface area contributed by atoms with Crippen LogP contribution in [0, 0.1) is 0 Å². The van der Waals surface area contributed by atoms with Gasteiger partial charge in [-0.15, -0.1) is 0 Å². The summed E-state index contributed by atoms with van der Waals surface area (Å²) in [6, 6.07) is 2.83. The molecule has 5 nitrogen and oxygen atoms in total. The fraction of sp³-hybridized carbons (Fsp3) is 0.500. The van der Waals surface area contributed by atoms with Gasteiger partial charge in [-0.05, 0) is 12.6 Å². The molecule has 19 heavy (non-hydrogen) atoms. The maximum Gasteiger partial charge on any atom is 0.180 e. The normalized spacial score (nSPS) is 18.4. The molecule has 0 spiro atoms. The average molecular weight is 306 g/mol. The van der Waals surface area contributed by atoms with Gasteiger partial charge in [0.2, 0.25) is 0 Å². The van der Waals surface area contributed by atoms with E-state index in [4.69, 9.17) is 21.1 Å². The third-order valence-electron chi connectivity index (χ3n) is 2.74. The Bertz CT molecular complexity index is 573. The number of fused-ring (bicyclic) bond motifs is 1. The van der Waals surface area contributed by atoms with E-state index < -0.39 is 9.84 Å². The highest BCUT2D eigenvalue weighted by Gasteiger charge is 2.25. The Balaban J connectivity index is 2.30. The van der Waals surface area contributed by atoms with Gasteiger partial charge in [0.15, 0.2) is 21.3 Å². The van der Waals surface area contributed by atoms with Crippen LogP contribution in [0.2, 0.25) is 5.02 Å². The summed E-state index contributed by atoms with van der Waals surface area (Å²) in [5.74, 6) is 0.781. The molecule has 1 aromatic carbocycles. The minimum absolute atomic E-state index is 0.129. The fourth-order valence-corrected chi connectivity index (χ4v) is 2.76. The van der Waals surface area contributed by atoms with E-state index in [0.717, 1.165) is 12.8 Å². The lowest BCUT2D eigenvalue weighted by atomic mass is 10.2. The van der Waals surface area contributed by atoms with E-state index in [1.54, 1.807) is 0 Å². The maximum absolute atomic E-state index is 11.6. The molecule has 1 aromatic rings. The zero-order chi connectivity index (χ0) is 14.0. The van der Waals surface area contributed by atoms with Crippen molar-refractivity contribution in [1.82, 2.24) is 5.32 Å². The Kier molecular flexibility index (Phi) is 4.23. The first-order chi connectivity index (χ1) is 8.91. The standard InChI is InChI=1S/C12H16ClNO4S/c1-3-14-6-8-7-17-12-10(13)4-9(19(2,15)16)5-11(12)18-8/h4-5,8,14H,3,6-7H2,1-2H3. The number of rotatable bonds is 4. The summed E-state index contributed by atoms with van der Waals surface area (Å²) in [7, 11) is -3.33. The molecule has 106 valence electrons. The Morgan fingerprint density at radius 1 is 1.47 bits per heavy atom. The molecule has 1 aliphatic rings. The highest BCUT2D eigenvalue weighted by molar-refractivity contribution is 7.90. The Hall–Kier alpha value is -0.980. The molecule has 0 amide bonds. The molecule has 0 radical (unpaired) electrons. The molecule has 7 heteroatoms. The van der Waals surface area contributed by atoms with Crippen LogP contribution < -0.4 is 14.8 Å². The molecule has 1 N–H and O–H groups in total. The number of likely N-dealkylation sites (N-methyl/N-ethyl adjacent to an activating group) is 1. The third-order valence-corrected chi connectivity index (χ3v) is 4.11. The van der Waals surface area contributed by atoms with Gasteiger partial charge < -0.3 is 14.8 Å². The molecule has 1 aliphatic heterocycles.